The van der Waals surface area contributed by atoms with Gasteiger partial charge in [-0.25, -0.2) is 0 Å². The van der Waals surface area contributed by atoms with E-state index in [4.69, 9.17) is 0 Å². The van der Waals surface area contributed by atoms with E-state index in [1.165, 1.54) is 11.8 Å². The second-order valence-electron chi connectivity index (χ2n) is 4.76. The van der Waals surface area contributed by atoms with Crippen molar-refractivity contribution < 1.29 is 9.72 Å². The lowest BCUT2D eigenvalue weighted by Crippen LogP contribution is -2.12. The number of aromatic nitrogens is 2. The average molecular weight is 340 g/mol. The maximum Gasteiger partial charge on any atom is 0.343 e. The van der Waals surface area contributed by atoms with E-state index in [9.17, 15) is 14.9 Å². The summed E-state index contributed by atoms with van der Waals surface area (Å²) in [7, 11) is 0. The van der Waals surface area contributed by atoms with Crippen molar-refractivity contribution in [1.29, 1.82) is 0 Å². The topological polar surface area (TPSA) is 101 Å². The number of nitrogens with zero attached hydrogens (tertiary/aromatic N) is 2. The van der Waals surface area contributed by atoms with Gasteiger partial charge < -0.3 is 15.4 Å². The molecule has 1 amide bonds. The van der Waals surface area contributed by atoms with Gasteiger partial charge in [0.05, 0.1) is 11.8 Å². The summed E-state index contributed by atoms with van der Waals surface area (Å²) in [5.74, 6) is -0.840. The summed E-state index contributed by atoms with van der Waals surface area (Å²) in [5, 5.41) is 19.3. The summed E-state index contributed by atoms with van der Waals surface area (Å²) < 4.78 is 0. The number of para-hydroxylation sites is 1. The van der Waals surface area contributed by atoms with Crippen LogP contribution in [0.1, 0.15) is 10.5 Å². The quantitative estimate of drug-likeness (QED) is 0.544. The smallest absolute Gasteiger partial charge is 0.343 e. The van der Waals surface area contributed by atoms with E-state index in [1.807, 2.05) is 42.5 Å². The molecule has 0 aliphatic rings. The molecule has 24 heavy (non-hydrogen) atoms. The van der Waals surface area contributed by atoms with Gasteiger partial charge in [-0.2, -0.15) is 0 Å². The maximum absolute atomic E-state index is 12.2. The Bertz CT molecular complexity index is 880. The standard InChI is InChI=1S/C16H12N4O3S/c21-16(13-10-15(19-18-13)20(22)23)17-12-8-4-5-9-14(12)24-11-6-2-1-3-7-11/h1-10H,(H,17,21)(H,18,19). The molecule has 2 aromatic carbocycles. The highest BCUT2D eigenvalue weighted by atomic mass is 32.2. The van der Waals surface area contributed by atoms with Crippen LogP contribution in [0.2, 0.25) is 0 Å². The second kappa shape index (κ2) is 6.97. The number of amides is 1. The van der Waals surface area contributed by atoms with Crippen LogP contribution in [0.4, 0.5) is 11.5 Å². The predicted octanol–water partition coefficient (Wildman–Crippen LogP) is 3.72. The average Bonchev–Trinajstić information content (AvgIpc) is 3.08. The molecule has 2 N–H and O–H groups in total. The zero-order valence-corrected chi connectivity index (χ0v) is 13.1. The number of benzene rings is 2. The van der Waals surface area contributed by atoms with Crippen molar-refractivity contribution >= 4 is 29.2 Å². The molecule has 0 aliphatic carbocycles. The van der Waals surface area contributed by atoms with Crippen molar-refractivity contribution in [3.05, 3.63) is 76.5 Å². The van der Waals surface area contributed by atoms with Crippen LogP contribution >= 0.6 is 11.8 Å². The van der Waals surface area contributed by atoms with Crippen LogP contribution in [0.15, 0.2) is 70.5 Å². The third kappa shape index (κ3) is 3.61. The van der Waals surface area contributed by atoms with E-state index >= 15 is 0 Å². The third-order valence-electron chi connectivity index (χ3n) is 3.10. The van der Waals surface area contributed by atoms with Gasteiger partial charge in [0.1, 0.15) is 0 Å². The molecule has 1 heterocycles. The first-order valence-electron chi connectivity index (χ1n) is 6.96. The Kier molecular flexibility index (Phi) is 4.57. The molecule has 0 saturated heterocycles. The van der Waals surface area contributed by atoms with E-state index in [-0.39, 0.29) is 11.5 Å². The number of rotatable bonds is 5. The molecule has 0 aliphatic heterocycles. The minimum atomic E-state index is -0.636. The van der Waals surface area contributed by atoms with Crippen LogP contribution in [0, 0.1) is 10.1 Å². The Hall–Kier alpha value is -3.13. The molecule has 3 rings (SSSR count). The summed E-state index contributed by atoms with van der Waals surface area (Å²) in [5.41, 5.74) is 0.572. The van der Waals surface area contributed by atoms with Gasteiger partial charge in [0.15, 0.2) is 5.69 Å². The summed E-state index contributed by atoms with van der Waals surface area (Å²) in [6.07, 6.45) is 0. The summed E-state index contributed by atoms with van der Waals surface area (Å²) in [6.45, 7) is 0. The first kappa shape index (κ1) is 15.8. The minimum Gasteiger partial charge on any atom is -0.358 e. The van der Waals surface area contributed by atoms with Crippen molar-refractivity contribution in [3.8, 4) is 0 Å². The van der Waals surface area contributed by atoms with Crippen molar-refractivity contribution in [1.82, 2.24) is 10.2 Å². The zero-order valence-electron chi connectivity index (χ0n) is 12.3. The lowest BCUT2D eigenvalue weighted by Gasteiger charge is -2.09. The van der Waals surface area contributed by atoms with E-state index in [1.54, 1.807) is 12.1 Å². The minimum absolute atomic E-state index is 0.0405. The first-order chi connectivity index (χ1) is 11.6. The Morgan fingerprint density at radius 3 is 2.54 bits per heavy atom. The van der Waals surface area contributed by atoms with Crippen LogP contribution in [-0.2, 0) is 0 Å². The van der Waals surface area contributed by atoms with Crippen LogP contribution in [0.25, 0.3) is 0 Å². The number of carbonyl (C=O) groups is 1. The molecule has 0 fully saturated rings. The molecule has 120 valence electrons. The second-order valence-corrected chi connectivity index (χ2v) is 5.88. The molecule has 7 nitrogen and oxygen atoms in total. The molecule has 0 unspecified atom stereocenters. The summed E-state index contributed by atoms with van der Waals surface area (Å²) in [4.78, 5) is 24.1. The Balaban J connectivity index is 1.79. The highest BCUT2D eigenvalue weighted by Gasteiger charge is 2.17. The fourth-order valence-corrected chi connectivity index (χ4v) is 2.90. The Labute approximate surface area is 141 Å². The fraction of sp³-hybridized carbons (Fsp3) is 0. The van der Waals surface area contributed by atoms with Crippen molar-refractivity contribution in [2.45, 2.75) is 9.79 Å². The number of H-pyrrole nitrogens is 1. The van der Waals surface area contributed by atoms with Crippen LogP contribution in [0.5, 0.6) is 0 Å². The maximum atomic E-state index is 12.2. The highest BCUT2D eigenvalue weighted by molar-refractivity contribution is 7.99. The molecule has 8 heteroatoms. The molecular formula is C16H12N4O3S. The molecule has 0 radical (unpaired) electrons. The molecule has 0 bridgehead atoms. The molecule has 3 aromatic rings. The van der Waals surface area contributed by atoms with Crippen molar-refractivity contribution in [3.63, 3.8) is 0 Å². The van der Waals surface area contributed by atoms with Gasteiger partial charge >= 0.3 is 5.82 Å². The van der Waals surface area contributed by atoms with E-state index in [2.05, 4.69) is 15.5 Å². The lowest BCUT2D eigenvalue weighted by molar-refractivity contribution is -0.389. The molecular weight excluding hydrogens is 328 g/mol. The van der Waals surface area contributed by atoms with Gasteiger partial charge in [-0.1, -0.05) is 47.2 Å². The lowest BCUT2D eigenvalue weighted by atomic mass is 10.3. The number of nitrogens with one attached hydrogen (secondary N) is 2. The Morgan fingerprint density at radius 1 is 1.12 bits per heavy atom. The summed E-state index contributed by atoms with van der Waals surface area (Å²) >= 11 is 1.51. The van der Waals surface area contributed by atoms with Crippen LogP contribution in [-0.4, -0.2) is 21.0 Å². The number of carbonyl (C=O) groups excluding carboxylic acids is 1. The van der Waals surface area contributed by atoms with Gasteiger partial charge in [-0.05, 0) is 29.2 Å². The Morgan fingerprint density at radius 2 is 1.83 bits per heavy atom. The van der Waals surface area contributed by atoms with Gasteiger partial charge in [0.25, 0.3) is 5.91 Å². The number of anilines is 1. The van der Waals surface area contributed by atoms with E-state index in [0.717, 1.165) is 15.9 Å². The normalized spacial score (nSPS) is 10.3. The molecule has 0 spiro atoms. The van der Waals surface area contributed by atoms with E-state index < -0.39 is 10.8 Å². The highest BCUT2D eigenvalue weighted by Crippen LogP contribution is 2.33. The number of hydrogen-bond acceptors (Lipinski definition) is 5. The monoisotopic (exact) mass is 340 g/mol. The molecule has 0 atom stereocenters. The largest absolute Gasteiger partial charge is 0.358 e. The van der Waals surface area contributed by atoms with Crippen LogP contribution in [0.3, 0.4) is 0 Å². The van der Waals surface area contributed by atoms with Crippen molar-refractivity contribution in [2.24, 2.45) is 0 Å². The van der Waals surface area contributed by atoms with Crippen LogP contribution < -0.4 is 5.32 Å². The third-order valence-corrected chi connectivity index (χ3v) is 4.18. The number of aromatic amines is 1. The number of hydrogen-bond donors (Lipinski definition) is 2. The van der Waals surface area contributed by atoms with E-state index in [0.29, 0.717) is 5.69 Å². The van der Waals surface area contributed by atoms with Gasteiger partial charge in [-0.15, -0.1) is 5.10 Å². The molecule has 1 aromatic heterocycles. The fourth-order valence-electron chi connectivity index (χ4n) is 1.98. The van der Waals surface area contributed by atoms with Gasteiger partial charge in [0.2, 0.25) is 0 Å². The molecule has 0 saturated carbocycles. The predicted molar refractivity (Wildman–Crippen MR) is 90.2 cm³/mol. The number of nitro groups is 1. The zero-order chi connectivity index (χ0) is 16.9. The van der Waals surface area contributed by atoms with Gasteiger partial charge in [-0.3, -0.25) is 4.79 Å². The van der Waals surface area contributed by atoms with Crippen molar-refractivity contribution in [2.75, 3.05) is 5.32 Å². The first-order valence-corrected chi connectivity index (χ1v) is 7.78. The summed E-state index contributed by atoms with van der Waals surface area (Å²) in [6, 6.07) is 18.2. The SMILES string of the molecule is O=C(Nc1ccccc1Sc1ccccc1)c1cc([N+](=O)[O-])[nH]n1. The van der Waals surface area contributed by atoms with Gasteiger partial charge in [0, 0.05) is 9.79 Å².